The molecule has 78 valence electrons. The van der Waals surface area contributed by atoms with Crippen LogP contribution in [0, 0.1) is 0 Å². The third kappa shape index (κ3) is 1.21. The normalized spacial score (nSPS) is 32.7. The predicted octanol–water partition coefficient (Wildman–Crippen LogP) is 2.34. The molecule has 1 aromatic carbocycles. The first-order valence-electron chi connectivity index (χ1n) is 5.45. The standard InChI is InChI=1S/C13H15NO/c1-13-7-6-9(14)8-11(13)10-4-2-3-5-12(10)15-13/h2-5,8-9H,6-7,14H2,1H3. The lowest BCUT2D eigenvalue weighted by molar-refractivity contribution is 0.147. The van der Waals surface area contributed by atoms with Crippen LogP contribution in [0.5, 0.6) is 5.75 Å². The Balaban J connectivity index is 2.17. The molecule has 0 aromatic heterocycles. The van der Waals surface area contributed by atoms with E-state index in [4.69, 9.17) is 10.5 Å². The Kier molecular flexibility index (Phi) is 1.71. The van der Waals surface area contributed by atoms with Gasteiger partial charge in [-0.2, -0.15) is 0 Å². The molecule has 2 heteroatoms. The number of benzene rings is 1. The van der Waals surface area contributed by atoms with E-state index in [9.17, 15) is 0 Å². The highest BCUT2D eigenvalue weighted by atomic mass is 16.5. The number of nitrogens with two attached hydrogens (primary N) is 1. The van der Waals surface area contributed by atoms with Crippen molar-refractivity contribution in [2.24, 2.45) is 5.73 Å². The number of fused-ring (bicyclic) bond motifs is 3. The molecule has 1 aliphatic carbocycles. The molecule has 1 aromatic rings. The van der Waals surface area contributed by atoms with E-state index in [0.29, 0.717) is 0 Å². The monoisotopic (exact) mass is 201 g/mol. The van der Waals surface area contributed by atoms with Gasteiger partial charge >= 0.3 is 0 Å². The van der Waals surface area contributed by atoms with E-state index >= 15 is 0 Å². The Labute approximate surface area is 89.7 Å². The van der Waals surface area contributed by atoms with Gasteiger partial charge in [-0.05, 0) is 25.8 Å². The quantitative estimate of drug-likeness (QED) is 0.699. The largest absolute Gasteiger partial charge is 0.482 e. The first-order valence-corrected chi connectivity index (χ1v) is 5.45. The minimum atomic E-state index is -0.139. The van der Waals surface area contributed by atoms with Crippen LogP contribution in [0.4, 0.5) is 0 Å². The van der Waals surface area contributed by atoms with Crippen molar-refractivity contribution < 1.29 is 4.74 Å². The summed E-state index contributed by atoms with van der Waals surface area (Å²) in [6, 6.07) is 8.40. The van der Waals surface area contributed by atoms with Gasteiger partial charge in [0.15, 0.2) is 0 Å². The Morgan fingerprint density at radius 2 is 2.20 bits per heavy atom. The molecule has 0 saturated carbocycles. The van der Waals surface area contributed by atoms with Crippen molar-refractivity contribution in [3.8, 4) is 5.75 Å². The van der Waals surface area contributed by atoms with E-state index in [1.807, 2.05) is 12.1 Å². The van der Waals surface area contributed by atoms with Crippen molar-refractivity contribution in [3.05, 3.63) is 35.9 Å². The second kappa shape index (κ2) is 2.86. The van der Waals surface area contributed by atoms with Gasteiger partial charge in [-0.3, -0.25) is 0 Å². The lowest BCUT2D eigenvalue weighted by atomic mass is 9.81. The van der Waals surface area contributed by atoms with Crippen molar-refractivity contribution in [3.63, 3.8) is 0 Å². The Hall–Kier alpha value is -1.28. The summed E-state index contributed by atoms with van der Waals surface area (Å²) in [4.78, 5) is 0. The first kappa shape index (κ1) is 8.98. The highest BCUT2D eigenvalue weighted by Gasteiger charge is 2.41. The average Bonchev–Trinajstić information content (AvgIpc) is 2.51. The maximum absolute atomic E-state index is 6.02. The second-order valence-electron chi connectivity index (χ2n) is 4.61. The van der Waals surface area contributed by atoms with Crippen LogP contribution in [0.15, 0.2) is 30.3 Å². The summed E-state index contributed by atoms with van der Waals surface area (Å²) in [6.45, 7) is 2.16. The van der Waals surface area contributed by atoms with E-state index in [-0.39, 0.29) is 11.6 Å². The summed E-state index contributed by atoms with van der Waals surface area (Å²) in [5.74, 6) is 1.00. The summed E-state index contributed by atoms with van der Waals surface area (Å²) < 4.78 is 6.02. The molecule has 0 saturated heterocycles. The summed E-state index contributed by atoms with van der Waals surface area (Å²) in [5.41, 5.74) is 8.33. The molecule has 0 radical (unpaired) electrons. The number of para-hydroxylation sites is 1. The minimum Gasteiger partial charge on any atom is -0.482 e. The predicted molar refractivity (Wildman–Crippen MR) is 60.7 cm³/mol. The number of hydrogen-bond acceptors (Lipinski definition) is 2. The molecule has 0 bridgehead atoms. The molecule has 1 aliphatic heterocycles. The van der Waals surface area contributed by atoms with E-state index in [1.54, 1.807) is 0 Å². The van der Waals surface area contributed by atoms with Crippen LogP contribution in [0.25, 0.3) is 5.57 Å². The Morgan fingerprint density at radius 3 is 3.07 bits per heavy atom. The zero-order valence-electron chi connectivity index (χ0n) is 8.86. The topological polar surface area (TPSA) is 35.2 Å². The third-order valence-electron chi connectivity index (χ3n) is 3.42. The zero-order valence-corrected chi connectivity index (χ0v) is 8.86. The van der Waals surface area contributed by atoms with Gasteiger partial charge in [0.25, 0.3) is 0 Å². The van der Waals surface area contributed by atoms with Crippen LogP contribution in [0.2, 0.25) is 0 Å². The van der Waals surface area contributed by atoms with Gasteiger partial charge in [0.05, 0.1) is 0 Å². The van der Waals surface area contributed by atoms with Gasteiger partial charge in [-0.1, -0.05) is 24.3 Å². The molecular formula is C13H15NO. The van der Waals surface area contributed by atoms with Crippen molar-refractivity contribution >= 4 is 5.57 Å². The van der Waals surface area contributed by atoms with Crippen molar-refractivity contribution in [2.75, 3.05) is 0 Å². The number of hydrogen-bond donors (Lipinski definition) is 1. The van der Waals surface area contributed by atoms with Crippen molar-refractivity contribution in [2.45, 2.75) is 31.4 Å². The van der Waals surface area contributed by atoms with E-state index in [0.717, 1.165) is 18.6 Å². The fourth-order valence-electron chi connectivity index (χ4n) is 2.55. The maximum atomic E-state index is 6.02. The summed E-state index contributed by atoms with van der Waals surface area (Å²) in [7, 11) is 0. The minimum absolute atomic E-state index is 0.139. The van der Waals surface area contributed by atoms with Crippen LogP contribution < -0.4 is 10.5 Å². The summed E-state index contributed by atoms with van der Waals surface area (Å²) in [5, 5.41) is 0. The van der Waals surface area contributed by atoms with Gasteiger partial charge < -0.3 is 10.5 Å². The third-order valence-corrected chi connectivity index (χ3v) is 3.42. The highest BCUT2D eigenvalue weighted by molar-refractivity contribution is 5.81. The SMILES string of the molecule is CC12CCC(N)C=C1c1ccccc1O2. The summed E-state index contributed by atoms with van der Waals surface area (Å²) >= 11 is 0. The molecule has 3 rings (SSSR count). The molecule has 2 unspecified atom stereocenters. The van der Waals surface area contributed by atoms with Crippen LogP contribution >= 0.6 is 0 Å². The zero-order chi connectivity index (χ0) is 10.5. The van der Waals surface area contributed by atoms with Crippen LogP contribution in [0.1, 0.15) is 25.3 Å². The van der Waals surface area contributed by atoms with E-state index in [1.165, 1.54) is 11.1 Å². The lowest BCUT2D eigenvalue weighted by Gasteiger charge is -2.31. The molecule has 0 spiro atoms. The average molecular weight is 201 g/mol. The fraction of sp³-hybridized carbons (Fsp3) is 0.385. The van der Waals surface area contributed by atoms with E-state index < -0.39 is 0 Å². The smallest absolute Gasteiger partial charge is 0.132 e. The van der Waals surface area contributed by atoms with Gasteiger partial charge in [-0.25, -0.2) is 0 Å². The van der Waals surface area contributed by atoms with Crippen LogP contribution in [0.3, 0.4) is 0 Å². The van der Waals surface area contributed by atoms with Gasteiger partial charge in [-0.15, -0.1) is 0 Å². The van der Waals surface area contributed by atoms with Crippen molar-refractivity contribution in [1.82, 2.24) is 0 Å². The van der Waals surface area contributed by atoms with Gasteiger partial charge in [0.2, 0.25) is 0 Å². The molecule has 2 N–H and O–H groups in total. The molecule has 1 heterocycles. The second-order valence-corrected chi connectivity index (χ2v) is 4.61. The number of ether oxygens (including phenoxy) is 1. The molecule has 0 amide bonds. The first-order chi connectivity index (χ1) is 7.19. The van der Waals surface area contributed by atoms with Crippen LogP contribution in [-0.2, 0) is 0 Å². The van der Waals surface area contributed by atoms with Crippen LogP contribution in [-0.4, -0.2) is 11.6 Å². The van der Waals surface area contributed by atoms with Gasteiger partial charge in [0, 0.05) is 17.2 Å². The molecule has 2 aliphatic rings. The lowest BCUT2D eigenvalue weighted by Crippen LogP contribution is -2.36. The molecule has 2 nitrogen and oxygen atoms in total. The molecule has 2 atom stereocenters. The Morgan fingerprint density at radius 1 is 1.40 bits per heavy atom. The van der Waals surface area contributed by atoms with E-state index in [2.05, 4.69) is 25.1 Å². The molecular weight excluding hydrogens is 186 g/mol. The summed E-state index contributed by atoms with van der Waals surface area (Å²) in [6.07, 6.45) is 4.18. The van der Waals surface area contributed by atoms with Crippen molar-refractivity contribution in [1.29, 1.82) is 0 Å². The van der Waals surface area contributed by atoms with Gasteiger partial charge in [0.1, 0.15) is 11.4 Å². The number of rotatable bonds is 0. The molecule has 15 heavy (non-hydrogen) atoms. The Bertz CT molecular complexity index is 438. The molecule has 0 fully saturated rings. The maximum Gasteiger partial charge on any atom is 0.132 e. The highest BCUT2D eigenvalue weighted by Crippen LogP contribution is 2.48. The fourth-order valence-corrected chi connectivity index (χ4v) is 2.55.